The van der Waals surface area contributed by atoms with Crippen molar-refractivity contribution in [3.05, 3.63) is 47.7 Å². The van der Waals surface area contributed by atoms with Gasteiger partial charge < -0.3 is 19.4 Å². The highest BCUT2D eigenvalue weighted by atomic mass is 16.2. The summed E-state index contributed by atoms with van der Waals surface area (Å²) in [7, 11) is 6.07. The maximum Gasteiger partial charge on any atom is 0.270 e. The van der Waals surface area contributed by atoms with E-state index in [0.717, 1.165) is 48.5 Å². The Kier molecular flexibility index (Phi) is 4.70. The van der Waals surface area contributed by atoms with Crippen LogP contribution in [0.4, 0.5) is 0 Å². The van der Waals surface area contributed by atoms with Gasteiger partial charge in [-0.2, -0.15) is 0 Å². The lowest BCUT2D eigenvalue weighted by Crippen LogP contribution is -2.39. The molecule has 1 aliphatic heterocycles. The van der Waals surface area contributed by atoms with Crippen LogP contribution < -0.4 is 0 Å². The smallest absolute Gasteiger partial charge is 0.270 e. The van der Waals surface area contributed by atoms with Gasteiger partial charge >= 0.3 is 0 Å². The predicted octanol–water partition coefficient (Wildman–Crippen LogP) is 2.38. The largest absolute Gasteiger partial charge is 0.351 e. The molecule has 4 rings (SSSR count). The number of benzene rings is 1. The second-order valence-corrected chi connectivity index (χ2v) is 7.63. The lowest BCUT2D eigenvalue weighted by molar-refractivity contribution is 0.0698. The van der Waals surface area contributed by atoms with Gasteiger partial charge in [-0.3, -0.25) is 4.79 Å². The van der Waals surface area contributed by atoms with Gasteiger partial charge in [0.1, 0.15) is 17.3 Å². The third kappa shape index (κ3) is 3.47. The Bertz CT molecular complexity index is 923. The number of rotatable bonds is 4. The minimum Gasteiger partial charge on any atom is -0.351 e. The molecule has 0 unspecified atom stereocenters. The number of nitrogens with zero attached hydrogens (tertiary/aromatic N) is 5. The quantitative estimate of drug-likeness (QED) is 0.770. The number of likely N-dealkylation sites (tertiary alicyclic amines) is 1. The van der Waals surface area contributed by atoms with Crippen molar-refractivity contribution >= 4 is 16.8 Å². The van der Waals surface area contributed by atoms with E-state index in [1.807, 2.05) is 56.4 Å². The van der Waals surface area contributed by atoms with Crippen LogP contribution in [0.25, 0.3) is 10.9 Å². The molecule has 0 aliphatic carbocycles. The number of nitrogens with one attached hydrogen (secondary N) is 1. The van der Waals surface area contributed by atoms with E-state index >= 15 is 0 Å². The molecule has 0 spiro atoms. The third-order valence-corrected chi connectivity index (χ3v) is 5.29. The SMILES string of the molecule is CN(C)Cc1nnc([C@H]2CCCN(C(=O)c3cc4ccccc4[nH]3)C2)n1C. The highest BCUT2D eigenvalue weighted by Gasteiger charge is 2.29. The van der Waals surface area contributed by atoms with E-state index in [-0.39, 0.29) is 11.8 Å². The van der Waals surface area contributed by atoms with E-state index in [4.69, 9.17) is 0 Å². The molecule has 1 atom stereocenters. The lowest BCUT2D eigenvalue weighted by Gasteiger charge is -2.32. The van der Waals surface area contributed by atoms with Crippen LogP contribution in [0.1, 0.15) is 40.9 Å². The number of piperidine rings is 1. The monoisotopic (exact) mass is 366 g/mol. The highest BCUT2D eigenvalue weighted by Crippen LogP contribution is 2.27. The van der Waals surface area contributed by atoms with Crippen molar-refractivity contribution in [3.8, 4) is 0 Å². The summed E-state index contributed by atoms with van der Waals surface area (Å²) in [5, 5.41) is 9.85. The molecule has 142 valence electrons. The first-order valence-electron chi connectivity index (χ1n) is 9.43. The van der Waals surface area contributed by atoms with Crippen molar-refractivity contribution in [1.82, 2.24) is 29.5 Å². The van der Waals surface area contributed by atoms with Crippen LogP contribution in [0.3, 0.4) is 0 Å². The Labute approximate surface area is 159 Å². The summed E-state index contributed by atoms with van der Waals surface area (Å²) in [4.78, 5) is 20.3. The van der Waals surface area contributed by atoms with Gasteiger partial charge in [0.25, 0.3) is 5.91 Å². The fraction of sp³-hybridized carbons (Fsp3) is 0.450. The topological polar surface area (TPSA) is 70.1 Å². The zero-order valence-electron chi connectivity index (χ0n) is 16.1. The van der Waals surface area contributed by atoms with Crippen LogP contribution in [-0.4, -0.2) is 62.6 Å². The third-order valence-electron chi connectivity index (χ3n) is 5.29. The second kappa shape index (κ2) is 7.15. The first-order chi connectivity index (χ1) is 13.0. The molecule has 7 nitrogen and oxygen atoms in total. The Balaban J connectivity index is 1.52. The van der Waals surface area contributed by atoms with Crippen LogP contribution in [0, 0.1) is 0 Å². The second-order valence-electron chi connectivity index (χ2n) is 7.63. The predicted molar refractivity (Wildman–Crippen MR) is 105 cm³/mol. The number of carbonyl (C=O) groups excluding carboxylic acids is 1. The molecule has 1 fully saturated rings. The first-order valence-corrected chi connectivity index (χ1v) is 9.43. The van der Waals surface area contributed by atoms with Crippen molar-refractivity contribution < 1.29 is 4.79 Å². The first kappa shape index (κ1) is 17.7. The van der Waals surface area contributed by atoms with Gasteiger partial charge in [0.05, 0.1) is 6.54 Å². The molecule has 0 radical (unpaired) electrons. The van der Waals surface area contributed by atoms with Crippen molar-refractivity contribution in [1.29, 1.82) is 0 Å². The Morgan fingerprint density at radius 2 is 2.11 bits per heavy atom. The van der Waals surface area contributed by atoms with Crippen LogP contribution in [0.5, 0.6) is 0 Å². The number of fused-ring (bicyclic) bond motifs is 1. The van der Waals surface area contributed by atoms with Gasteiger partial charge in [-0.05, 0) is 39.1 Å². The molecule has 3 heterocycles. The van der Waals surface area contributed by atoms with Gasteiger partial charge in [-0.1, -0.05) is 18.2 Å². The fourth-order valence-electron chi connectivity index (χ4n) is 3.88. The average molecular weight is 366 g/mol. The number of carbonyl (C=O) groups is 1. The number of para-hydroxylation sites is 1. The van der Waals surface area contributed by atoms with Crippen LogP contribution in [0.2, 0.25) is 0 Å². The maximum atomic E-state index is 13.0. The fourth-order valence-corrected chi connectivity index (χ4v) is 3.88. The summed E-state index contributed by atoms with van der Waals surface area (Å²) in [5.74, 6) is 2.21. The summed E-state index contributed by atoms with van der Waals surface area (Å²) >= 11 is 0. The number of aromatic nitrogens is 4. The van der Waals surface area contributed by atoms with Crippen LogP contribution >= 0.6 is 0 Å². The molecule has 3 aromatic rings. The number of hydrogen-bond donors (Lipinski definition) is 1. The molecular formula is C20H26N6O. The average Bonchev–Trinajstić information content (AvgIpc) is 3.25. The minimum absolute atomic E-state index is 0.0617. The van der Waals surface area contributed by atoms with Gasteiger partial charge in [0.2, 0.25) is 0 Å². The highest BCUT2D eigenvalue weighted by molar-refractivity contribution is 5.98. The zero-order chi connectivity index (χ0) is 19.0. The molecule has 1 saturated heterocycles. The van der Waals surface area contributed by atoms with E-state index in [1.54, 1.807) is 0 Å². The van der Waals surface area contributed by atoms with E-state index in [1.165, 1.54) is 0 Å². The molecule has 1 N–H and O–H groups in total. The minimum atomic E-state index is 0.0617. The van der Waals surface area contributed by atoms with Crippen molar-refractivity contribution in [3.63, 3.8) is 0 Å². The number of H-pyrrole nitrogens is 1. The molecule has 1 amide bonds. The molecule has 2 aromatic heterocycles. The van der Waals surface area contributed by atoms with Gasteiger partial charge in [-0.25, -0.2) is 0 Å². The van der Waals surface area contributed by atoms with Crippen LogP contribution in [-0.2, 0) is 13.6 Å². The standard InChI is InChI=1S/C20H26N6O/c1-24(2)13-18-22-23-19(25(18)3)15-8-6-10-26(12-15)20(27)17-11-14-7-4-5-9-16(14)21-17/h4-5,7,9,11,15,21H,6,8,10,12-13H2,1-3H3/t15-/m0/s1. The number of amides is 1. The van der Waals surface area contributed by atoms with E-state index < -0.39 is 0 Å². The molecule has 0 bridgehead atoms. The zero-order valence-corrected chi connectivity index (χ0v) is 16.1. The van der Waals surface area contributed by atoms with Gasteiger partial charge in [0, 0.05) is 37.0 Å². The maximum absolute atomic E-state index is 13.0. The van der Waals surface area contributed by atoms with Crippen molar-refractivity contribution in [2.45, 2.75) is 25.3 Å². The number of aromatic amines is 1. The Hall–Kier alpha value is -2.67. The summed E-state index contributed by atoms with van der Waals surface area (Å²) < 4.78 is 2.08. The molecule has 7 heteroatoms. The molecule has 1 aliphatic rings. The van der Waals surface area contributed by atoms with Crippen molar-refractivity contribution in [2.75, 3.05) is 27.2 Å². The van der Waals surface area contributed by atoms with Crippen molar-refractivity contribution in [2.24, 2.45) is 7.05 Å². The van der Waals surface area contributed by atoms with Gasteiger partial charge in [0.15, 0.2) is 0 Å². The Morgan fingerprint density at radius 1 is 1.30 bits per heavy atom. The number of hydrogen-bond acceptors (Lipinski definition) is 4. The van der Waals surface area contributed by atoms with E-state index in [9.17, 15) is 4.79 Å². The summed E-state index contributed by atoms with van der Waals surface area (Å²) in [6.45, 7) is 2.23. The molecule has 0 saturated carbocycles. The summed E-state index contributed by atoms with van der Waals surface area (Å²) in [5.41, 5.74) is 1.65. The van der Waals surface area contributed by atoms with E-state index in [2.05, 4.69) is 24.6 Å². The molecule has 27 heavy (non-hydrogen) atoms. The lowest BCUT2D eigenvalue weighted by atomic mass is 9.97. The Morgan fingerprint density at radius 3 is 2.89 bits per heavy atom. The molecule has 1 aromatic carbocycles. The summed E-state index contributed by atoms with van der Waals surface area (Å²) in [6, 6.07) is 9.92. The molecular weight excluding hydrogens is 340 g/mol. The van der Waals surface area contributed by atoms with E-state index in [0.29, 0.717) is 12.2 Å². The summed E-state index contributed by atoms with van der Waals surface area (Å²) in [6.07, 6.45) is 2.01. The van der Waals surface area contributed by atoms with Gasteiger partial charge in [-0.15, -0.1) is 10.2 Å². The normalized spacial score (nSPS) is 17.8. The van der Waals surface area contributed by atoms with Crippen LogP contribution in [0.15, 0.2) is 30.3 Å².